The van der Waals surface area contributed by atoms with Crippen LogP contribution in [-0.4, -0.2) is 52.6 Å². The van der Waals surface area contributed by atoms with Gasteiger partial charge in [0.15, 0.2) is 5.96 Å². The molecule has 8 nitrogen and oxygen atoms in total. The lowest BCUT2D eigenvalue weighted by molar-refractivity contribution is 0.0476. The molecule has 1 amide bonds. The van der Waals surface area contributed by atoms with Gasteiger partial charge in [0.25, 0.3) is 0 Å². The number of aromatic nitrogens is 2. The molecule has 1 rings (SSSR count). The lowest BCUT2D eigenvalue weighted by atomic mass is 10.1. The third kappa shape index (κ3) is 9.62. The molecule has 0 aromatic carbocycles. The van der Waals surface area contributed by atoms with E-state index >= 15 is 0 Å². The maximum atomic E-state index is 12.0. The molecule has 0 atom stereocenters. The number of aryl methyl sites for hydroxylation is 3. The monoisotopic (exact) mass is 394 g/mol. The zero-order chi connectivity index (χ0) is 21.4. The van der Waals surface area contributed by atoms with E-state index in [1.54, 1.807) is 0 Å². The highest BCUT2D eigenvalue weighted by molar-refractivity contribution is 5.79. The number of carbonyl (C=O) groups is 1. The van der Waals surface area contributed by atoms with Gasteiger partial charge in [0.1, 0.15) is 5.60 Å². The van der Waals surface area contributed by atoms with Gasteiger partial charge in [-0.2, -0.15) is 5.10 Å². The van der Waals surface area contributed by atoms with E-state index in [1.165, 1.54) is 5.69 Å². The Bertz CT molecular complexity index is 658. The number of guanidine groups is 1. The van der Waals surface area contributed by atoms with E-state index in [1.807, 2.05) is 53.1 Å². The first-order chi connectivity index (χ1) is 12.9. The molecule has 0 bridgehead atoms. The second-order valence-corrected chi connectivity index (χ2v) is 8.64. The molecular weight excluding hydrogens is 356 g/mol. The van der Waals surface area contributed by atoms with E-state index < -0.39 is 17.2 Å². The third-order valence-electron chi connectivity index (χ3n) is 3.76. The summed E-state index contributed by atoms with van der Waals surface area (Å²) in [6.07, 6.45) is 0.502. The summed E-state index contributed by atoms with van der Waals surface area (Å²) in [6.45, 7) is 18.3. The number of carbonyl (C=O) groups excluding carboxylic acids is 1. The average Bonchev–Trinajstić information content (AvgIpc) is 2.84. The predicted molar refractivity (Wildman–Crippen MR) is 114 cm³/mol. The van der Waals surface area contributed by atoms with Crippen molar-refractivity contribution < 1.29 is 9.53 Å². The molecule has 1 aromatic heterocycles. The lowest BCUT2D eigenvalue weighted by Crippen LogP contribution is -2.49. The van der Waals surface area contributed by atoms with Crippen LogP contribution in [0.2, 0.25) is 0 Å². The molecule has 0 radical (unpaired) electrons. The molecule has 28 heavy (non-hydrogen) atoms. The minimum atomic E-state index is -0.522. The zero-order valence-corrected chi connectivity index (χ0v) is 18.8. The highest BCUT2D eigenvalue weighted by Gasteiger charge is 2.24. The standard InChI is InChI=1S/C20H38N6O2/c1-9-21-17(22-11-10-12-26-16(3)13-15(2)25-26)23-14-20(7,8)24-18(27)28-19(4,5)6/h13H,9-12,14H2,1-8H3,(H,24,27)(H2,21,22,23). The number of hydrogen-bond acceptors (Lipinski definition) is 4. The van der Waals surface area contributed by atoms with Gasteiger partial charge in [0.2, 0.25) is 0 Å². The van der Waals surface area contributed by atoms with Gasteiger partial charge in [-0.3, -0.25) is 9.67 Å². The highest BCUT2D eigenvalue weighted by Crippen LogP contribution is 2.09. The van der Waals surface area contributed by atoms with Crippen molar-refractivity contribution in [3.05, 3.63) is 17.5 Å². The van der Waals surface area contributed by atoms with Crippen LogP contribution in [0.25, 0.3) is 0 Å². The fourth-order valence-electron chi connectivity index (χ4n) is 2.57. The minimum Gasteiger partial charge on any atom is -0.444 e. The Hall–Kier alpha value is -2.25. The Labute approximate surface area is 169 Å². The van der Waals surface area contributed by atoms with Gasteiger partial charge in [-0.15, -0.1) is 0 Å². The van der Waals surface area contributed by atoms with Gasteiger partial charge < -0.3 is 20.7 Å². The molecule has 0 unspecified atom stereocenters. The Morgan fingerprint density at radius 3 is 2.43 bits per heavy atom. The summed E-state index contributed by atoms with van der Waals surface area (Å²) in [6, 6.07) is 2.08. The van der Waals surface area contributed by atoms with Crippen molar-refractivity contribution in [3.63, 3.8) is 0 Å². The molecule has 0 fully saturated rings. The van der Waals surface area contributed by atoms with Crippen molar-refractivity contribution in [1.82, 2.24) is 25.7 Å². The number of amides is 1. The molecule has 1 aromatic rings. The number of aliphatic imine (C=N–C) groups is 1. The average molecular weight is 395 g/mol. The van der Waals surface area contributed by atoms with Crippen molar-refractivity contribution in [3.8, 4) is 0 Å². The predicted octanol–water partition coefficient (Wildman–Crippen LogP) is 2.75. The van der Waals surface area contributed by atoms with Crippen LogP contribution < -0.4 is 16.0 Å². The van der Waals surface area contributed by atoms with Gasteiger partial charge in [-0.25, -0.2) is 4.79 Å². The molecule has 8 heteroatoms. The van der Waals surface area contributed by atoms with E-state index in [4.69, 9.17) is 4.74 Å². The summed E-state index contributed by atoms with van der Waals surface area (Å²) in [5, 5.41) is 13.9. The molecule has 1 heterocycles. The Morgan fingerprint density at radius 2 is 1.89 bits per heavy atom. The molecule has 0 aliphatic heterocycles. The molecule has 3 N–H and O–H groups in total. The lowest BCUT2D eigenvalue weighted by Gasteiger charge is -2.27. The van der Waals surface area contributed by atoms with Gasteiger partial charge in [0, 0.05) is 25.3 Å². The molecule has 0 saturated heterocycles. The summed E-state index contributed by atoms with van der Waals surface area (Å²) < 4.78 is 7.35. The first-order valence-corrected chi connectivity index (χ1v) is 9.96. The van der Waals surface area contributed by atoms with E-state index in [2.05, 4.69) is 39.0 Å². The molecule has 0 aliphatic rings. The van der Waals surface area contributed by atoms with Crippen LogP contribution in [0.1, 0.15) is 59.4 Å². The maximum Gasteiger partial charge on any atom is 0.408 e. The van der Waals surface area contributed by atoms with Crippen molar-refractivity contribution in [1.29, 1.82) is 0 Å². The number of alkyl carbamates (subject to hydrolysis) is 1. The van der Waals surface area contributed by atoms with E-state index in [9.17, 15) is 4.79 Å². The topological polar surface area (TPSA) is 92.6 Å². The second-order valence-electron chi connectivity index (χ2n) is 8.64. The smallest absolute Gasteiger partial charge is 0.408 e. The summed E-state index contributed by atoms with van der Waals surface area (Å²) in [5.74, 6) is 0.731. The summed E-state index contributed by atoms with van der Waals surface area (Å²) in [5.41, 5.74) is 1.17. The first kappa shape index (κ1) is 23.8. The van der Waals surface area contributed by atoms with Crippen LogP contribution in [-0.2, 0) is 11.3 Å². The fourth-order valence-corrected chi connectivity index (χ4v) is 2.57. The van der Waals surface area contributed by atoms with Crippen molar-refractivity contribution in [2.24, 2.45) is 4.99 Å². The highest BCUT2D eigenvalue weighted by atomic mass is 16.6. The number of rotatable bonds is 8. The van der Waals surface area contributed by atoms with Crippen LogP contribution >= 0.6 is 0 Å². The normalized spacial score (nSPS) is 12.6. The van der Waals surface area contributed by atoms with Crippen molar-refractivity contribution in [2.45, 2.75) is 79.5 Å². The molecular formula is C20H38N6O2. The van der Waals surface area contributed by atoms with Gasteiger partial charge in [-0.1, -0.05) is 0 Å². The summed E-state index contributed by atoms with van der Waals surface area (Å²) >= 11 is 0. The minimum absolute atomic E-state index is 0.430. The zero-order valence-electron chi connectivity index (χ0n) is 18.8. The van der Waals surface area contributed by atoms with Crippen LogP contribution in [0.3, 0.4) is 0 Å². The van der Waals surface area contributed by atoms with Crippen LogP contribution in [0, 0.1) is 13.8 Å². The van der Waals surface area contributed by atoms with Crippen LogP contribution in [0.5, 0.6) is 0 Å². The van der Waals surface area contributed by atoms with Gasteiger partial charge in [-0.05, 0) is 67.9 Å². The quantitative estimate of drug-likeness (QED) is 0.358. The Morgan fingerprint density at radius 1 is 1.21 bits per heavy atom. The largest absolute Gasteiger partial charge is 0.444 e. The molecule has 0 spiro atoms. The van der Waals surface area contributed by atoms with E-state index in [0.717, 1.165) is 37.7 Å². The number of nitrogens with zero attached hydrogens (tertiary/aromatic N) is 3. The first-order valence-electron chi connectivity index (χ1n) is 9.96. The van der Waals surface area contributed by atoms with Crippen LogP contribution in [0.4, 0.5) is 4.79 Å². The summed E-state index contributed by atoms with van der Waals surface area (Å²) in [7, 11) is 0. The van der Waals surface area contributed by atoms with E-state index in [0.29, 0.717) is 6.54 Å². The van der Waals surface area contributed by atoms with Gasteiger partial charge in [0.05, 0.1) is 17.8 Å². The SMILES string of the molecule is CCNC(=NCC(C)(C)NC(=O)OC(C)(C)C)NCCCn1nc(C)cc1C. The molecule has 160 valence electrons. The van der Waals surface area contributed by atoms with E-state index in [-0.39, 0.29) is 0 Å². The fraction of sp³-hybridized carbons (Fsp3) is 0.750. The van der Waals surface area contributed by atoms with Gasteiger partial charge >= 0.3 is 6.09 Å². The molecule has 0 aliphatic carbocycles. The van der Waals surface area contributed by atoms with Crippen LogP contribution in [0.15, 0.2) is 11.1 Å². The number of hydrogen-bond donors (Lipinski definition) is 3. The number of ether oxygens (including phenoxy) is 1. The molecule has 0 saturated carbocycles. The number of nitrogens with one attached hydrogen (secondary N) is 3. The van der Waals surface area contributed by atoms with Crippen molar-refractivity contribution >= 4 is 12.1 Å². The maximum absolute atomic E-state index is 12.0. The third-order valence-corrected chi connectivity index (χ3v) is 3.76. The Kier molecular flexibility index (Phi) is 8.78. The Balaban J connectivity index is 2.50. The summed E-state index contributed by atoms with van der Waals surface area (Å²) in [4.78, 5) is 16.6. The van der Waals surface area contributed by atoms with Crippen molar-refractivity contribution in [2.75, 3.05) is 19.6 Å². The second kappa shape index (κ2) is 10.3.